The van der Waals surface area contributed by atoms with E-state index in [-0.39, 0.29) is 5.41 Å². The zero-order valence-electron chi connectivity index (χ0n) is 25.3. The van der Waals surface area contributed by atoms with Crippen molar-refractivity contribution in [2.24, 2.45) is 10.2 Å². The number of hydrazone groups is 2. The normalized spacial score (nSPS) is 20.6. The van der Waals surface area contributed by atoms with Crippen LogP contribution in [0, 0.1) is 0 Å². The fourth-order valence-electron chi connectivity index (χ4n) is 5.21. The van der Waals surface area contributed by atoms with Crippen molar-refractivity contribution < 1.29 is 28.7 Å². The van der Waals surface area contributed by atoms with Crippen molar-refractivity contribution in [1.82, 2.24) is 10.0 Å². The lowest BCUT2D eigenvalue weighted by Gasteiger charge is -2.30. The van der Waals surface area contributed by atoms with Crippen LogP contribution in [0.3, 0.4) is 0 Å². The lowest BCUT2D eigenvalue weighted by atomic mass is 9.74. The zero-order chi connectivity index (χ0) is 32.3. The maximum Gasteiger partial charge on any atom is 0.274 e. The van der Waals surface area contributed by atoms with E-state index < -0.39 is 23.6 Å². The third-order valence-electron chi connectivity index (χ3n) is 8.10. The van der Waals surface area contributed by atoms with Crippen LogP contribution < -0.4 is 9.47 Å². The molecule has 0 aromatic heterocycles. The van der Waals surface area contributed by atoms with E-state index in [2.05, 4.69) is 48.3 Å². The molecule has 0 fully saturated rings. The Hall–Kier alpha value is -5.90. The van der Waals surface area contributed by atoms with Gasteiger partial charge in [-0.3, -0.25) is 19.2 Å². The molecule has 0 radical (unpaired) electrons. The van der Waals surface area contributed by atoms with Gasteiger partial charge in [-0.25, -0.2) is 0 Å². The van der Waals surface area contributed by atoms with Crippen molar-refractivity contribution in [1.29, 1.82) is 0 Å². The van der Waals surface area contributed by atoms with Crippen molar-refractivity contribution in [2.75, 3.05) is 0 Å². The molecule has 0 N–H and O–H groups in total. The molecule has 0 unspecified atom stereocenters. The topological polar surface area (TPSA) is 118 Å². The highest BCUT2D eigenvalue weighted by Crippen LogP contribution is 2.37. The number of nitrogens with zero attached hydrogens (tertiary/aromatic N) is 4. The number of amides is 4. The summed E-state index contributed by atoms with van der Waals surface area (Å²) in [5.74, 6) is 0.876. The van der Waals surface area contributed by atoms with Gasteiger partial charge in [-0.1, -0.05) is 38.1 Å². The van der Waals surface area contributed by atoms with Crippen LogP contribution >= 0.6 is 0 Å². The van der Waals surface area contributed by atoms with Crippen LogP contribution in [0.2, 0.25) is 0 Å². The van der Waals surface area contributed by atoms with E-state index in [9.17, 15) is 19.2 Å². The van der Waals surface area contributed by atoms with Crippen LogP contribution in [0.15, 0.2) is 131 Å². The van der Waals surface area contributed by atoms with Crippen LogP contribution in [-0.2, 0) is 24.6 Å². The van der Waals surface area contributed by atoms with Crippen molar-refractivity contribution in [3.05, 3.63) is 132 Å². The molecule has 4 aliphatic rings. The molecule has 230 valence electrons. The van der Waals surface area contributed by atoms with Crippen LogP contribution in [0.5, 0.6) is 11.5 Å². The molecule has 10 heteroatoms. The number of carbonyl (C=O) groups is 4. The Morgan fingerprint density at radius 2 is 0.957 bits per heavy atom. The van der Waals surface area contributed by atoms with Gasteiger partial charge in [0.25, 0.3) is 23.6 Å². The Bertz CT molecular complexity index is 1690. The first-order valence-corrected chi connectivity index (χ1v) is 14.8. The summed E-state index contributed by atoms with van der Waals surface area (Å²) in [7, 11) is 0. The number of hydrogen-bond donors (Lipinski definition) is 0. The standard InChI is InChI=1S/C36H30N4O6/c1-3-36(2,24-4-12-28(13-5-24)45-30-16-8-26(9-17-30)37-39-32(41)20-21-33(39)42)25-6-14-29(15-7-25)46-31-18-10-27(11-19-31)38-40-34(43)22-23-35(40)44/h4-8,10,12-23H,3,9,11H2,1-2H3. The number of carbonyl (C=O) groups excluding carboxylic acids is 4. The summed E-state index contributed by atoms with van der Waals surface area (Å²) in [6.45, 7) is 4.36. The first kappa shape index (κ1) is 30.1. The first-order chi connectivity index (χ1) is 22.2. The number of imide groups is 2. The molecule has 0 spiro atoms. The molecular weight excluding hydrogens is 584 g/mol. The summed E-state index contributed by atoms with van der Waals surface area (Å²) in [5.41, 5.74) is 3.20. The quantitative estimate of drug-likeness (QED) is 0.349. The lowest BCUT2D eigenvalue weighted by Crippen LogP contribution is -2.25. The Kier molecular flexibility index (Phi) is 8.26. The second-order valence-corrected chi connectivity index (χ2v) is 11.1. The third-order valence-corrected chi connectivity index (χ3v) is 8.10. The fourth-order valence-corrected chi connectivity index (χ4v) is 5.21. The fraction of sp³-hybridized carbons (Fsp3) is 0.167. The van der Waals surface area contributed by atoms with Crippen LogP contribution in [0.25, 0.3) is 0 Å². The van der Waals surface area contributed by atoms with Crippen molar-refractivity contribution in [3.8, 4) is 11.5 Å². The second kappa shape index (κ2) is 12.6. The number of benzene rings is 2. The highest BCUT2D eigenvalue weighted by molar-refractivity contribution is 6.14. The molecule has 4 amide bonds. The molecule has 0 atom stereocenters. The molecule has 10 nitrogen and oxygen atoms in total. The second-order valence-electron chi connectivity index (χ2n) is 11.1. The molecule has 0 bridgehead atoms. The predicted octanol–water partition coefficient (Wildman–Crippen LogP) is 5.41. The molecule has 6 rings (SSSR count). The van der Waals surface area contributed by atoms with E-state index in [1.54, 1.807) is 24.3 Å². The van der Waals surface area contributed by atoms with E-state index >= 15 is 0 Å². The molecule has 2 aliphatic carbocycles. The van der Waals surface area contributed by atoms with E-state index in [0.29, 0.717) is 47.3 Å². The smallest absolute Gasteiger partial charge is 0.274 e. The van der Waals surface area contributed by atoms with Crippen LogP contribution in [0.4, 0.5) is 0 Å². The minimum atomic E-state index is -0.451. The van der Waals surface area contributed by atoms with Gasteiger partial charge in [0.05, 0.1) is 11.4 Å². The minimum Gasteiger partial charge on any atom is -0.458 e. The summed E-state index contributed by atoms with van der Waals surface area (Å²) in [6.07, 6.45) is 17.2. The van der Waals surface area contributed by atoms with Gasteiger partial charge >= 0.3 is 0 Å². The van der Waals surface area contributed by atoms with Gasteiger partial charge in [0.2, 0.25) is 0 Å². The number of rotatable bonds is 9. The summed E-state index contributed by atoms with van der Waals surface area (Å²) in [4.78, 5) is 47.0. The number of allylic oxidation sites excluding steroid dienone is 6. The highest BCUT2D eigenvalue weighted by atomic mass is 16.5. The summed E-state index contributed by atoms with van der Waals surface area (Å²) < 4.78 is 12.1. The monoisotopic (exact) mass is 614 g/mol. The molecule has 2 aromatic rings. The van der Waals surface area contributed by atoms with Gasteiger partial charge in [-0.15, -0.1) is 0 Å². The van der Waals surface area contributed by atoms with Crippen LogP contribution in [-0.4, -0.2) is 45.1 Å². The molecule has 0 saturated heterocycles. The molecule has 2 aromatic carbocycles. The highest BCUT2D eigenvalue weighted by Gasteiger charge is 2.28. The summed E-state index contributed by atoms with van der Waals surface area (Å²) in [6, 6.07) is 16.0. The molecule has 2 heterocycles. The van der Waals surface area contributed by atoms with Gasteiger partial charge in [0.15, 0.2) is 0 Å². The van der Waals surface area contributed by atoms with Crippen LogP contribution in [0.1, 0.15) is 44.2 Å². The predicted molar refractivity (Wildman–Crippen MR) is 171 cm³/mol. The molecular formula is C36H30N4O6. The Balaban J connectivity index is 1.06. The largest absolute Gasteiger partial charge is 0.458 e. The van der Waals surface area contributed by atoms with Crippen molar-refractivity contribution in [2.45, 2.75) is 38.5 Å². The van der Waals surface area contributed by atoms with E-state index in [4.69, 9.17) is 9.47 Å². The van der Waals surface area contributed by atoms with E-state index in [1.165, 1.54) is 24.3 Å². The first-order valence-electron chi connectivity index (χ1n) is 14.8. The molecule has 46 heavy (non-hydrogen) atoms. The molecule has 2 aliphatic heterocycles. The van der Waals surface area contributed by atoms with Gasteiger partial charge in [-0.2, -0.15) is 20.2 Å². The van der Waals surface area contributed by atoms with E-state index in [0.717, 1.165) is 27.6 Å². The average Bonchev–Trinajstić information content (AvgIpc) is 3.57. The Labute approximate surface area is 265 Å². The van der Waals surface area contributed by atoms with E-state index in [1.807, 2.05) is 36.4 Å². The van der Waals surface area contributed by atoms with Crippen molar-refractivity contribution in [3.63, 3.8) is 0 Å². The Morgan fingerprint density at radius 1 is 0.587 bits per heavy atom. The maximum absolute atomic E-state index is 11.7. The maximum atomic E-state index is 11.7. The zero-order valence-corrected chi connectivity index (χ0v) is 25.3. The third kappa shape index (κ3) is 6.32. The van der Waals surface area contributed by atoms with Gasteiger partial charge in [0, 0.05) is 42.6 Å². The Morgan fingerprint density at radius 3 is 1.26 bits per heavy atom. The van der Waals surface area contributed by atoms with Gasteiger partial charge in [-0.05, 0) is 78.3 Å². The summed E-state index contributed by atoms with van der Waals surface area (Å²) >= 11 is 0. The van der Waals surface area contributed by atoms with Crippen molar-refractivity contribution >= 4 is 35.1 Å². The minimum absolute atomic E-state index is 0.250. The summed E-state index contributed by atoms with van der Waals surface area (Å²) in [5, 5.41) is 9.97. The molecule has 0 saturated carbocycles. The number of hydrogen-bond acceptors (Lipinski definition) is 8. The average molecular weight is 615 g/mol. The SMILES string of the molecule is CCC(C)(c1ccc(OC2=CCC(=NN3C(=O)C=CC3=O)C=C2)cc1)c1ccc(OC2=CCC(=NN3C(=O)C=CC3=O)C=C2)cc1. The lowest BCUT2D eigenvalue weighted by molar-refractivity contribution is -0.138. The number of ether oxygens (including phenoxy) is 2. The van der Waals surface area contributed by atoms with Gasteiger partial charge in [0.1, 0.15) is 23.0 Å². The van der Waals surface area contributed by atoms with Gasteiger partial charge < -0.3 is 9.47 Å².